The second-order valence-corrected chi connectivity index (χ2v) is 4.38. The normalized spacial score (nSPS) is 11.1. The molecule has 3 aromatic rings. The van der Waals surface area contributed by atoms with Gasteiger partial charge >= 0.3 is 5.63 Å². The predicted molar refractivity (Wildman–Crippen MR) is 70.7 cm³/mol. The molecule has 5 heteroatoms. The Kier molecular flexibility index (Phi) is 2.68. The number of nitrogens with one attached hydrogen (secondary N) is 1. The maximum atomic E-state index is 11.3. The third-order valence-electron chi connectivity index (χ3n) is 3.07. The number of benzene rings is 1. The predicted octanol–water partition coefficient (Wildman–Crippen LogP) is 1.98. The summed E-state index contributed by atoms with van der Waals surface area (Å²) in [7, 11) is 0. The zero-order valence-corrected chi connectivity index (χ0v) is 10.3. The quantitative estimate of drug-likeness (QED) is 0.734. The number of H-pyrrole nitrogens is 1. The molecule has 0 fully saturated rings. The van der Waals surface area contributed by atoms with Crippen LogP contribution >= 0.6 is 0 Å². The zero-order valence-electron chi connectivity index (χ0n) is 10.3. The van der Waals surface area contributed by atoms with Crippen molar-refractivity contribution in [3.05, 3.63) is 51.9 Å². The van der Waals surface area contributed by atoms with Gasteiger partial charge in [-0.2, -0.15) is 5.10 Å². The summed E-state index contributed by atoms with van der Waals surface area (Å²) in [5.74, 6) is 0. The van der Waals surface area contributed by atoms with E-state index in [1.807, 2.05) is 31.2 Å². The van der Waals surface area contributed by atoms with E-state index in [0.717, 1.165) is 27.8 Å². The summed E-state index contributed by atoms with van der Waals surface area (Å²) >= 11 is 0. The molecule has 3 rings (SSSR count). The van der Waals surface area contributed by atoms with Crippen LogP contribution in [0.25, 0.3) is 22.4 Å². The monoisotopic (exact) mass is 256 g/mol. The number of aryl methyl sites for hydroxylation is 1. The molecule has 19 heavy (non-hydrogen) atoms. The minimum Gasteiger partial charge on any atom is -0.404 e. The van der Waals surface area contributed by atoms with E-state index in [0.29, 0.717) is 5.71 Å². The van der Waals surface area contributed by atoms with Gasteiger partial charge in [0.1, 0.15) is 5.69 Å². The summed E-state index contributed by atoms with van der Waals surface area (Å²) in [6.45, 7) is 1.86. The van der Waals surface area contributed by atoms with Crippen molar-refractivity contribution in [3.8, 4) is 11.3 Å². The molecule has 0 atom stereocenters. The van der Waals surface area contributed by atoms with E-state index in [-0.39, 0.29) is 6.61 Å². The molecule has 0 bridgehead atoms. The summed E-state index contributed by atoms with van der Waals surface area (Å²) < 4.78 is 5.08. The number of aliphatic hydroxyl groups is 1. The van der Waals surface area contributed by atoms with Crippen LogP contribution in [-0.4, -0.2) is 15.3 Å². The van der Waals surface area contributed by atoms with Gasteiger partial charge in [-0.3, -0.25) is 0 Å². The first-order valence-corrected chi connectivity index (χ1v) is 5.88. The Balaban J connectivity index is 2.22. The molecule has 96 valence electrons. The van der Waals surface area contributed by atoms with Crippen molar-refractivity contribution >= 4 is 11.1 Å². The highest BCUT2D eigenvalue weighted by atomic mass is 16.4. The number of rotatable bonds is 2. The summed E-state index contributed by atoms with van der Waals surface area (Å²) in [5, 5.41) is 16.8. The lowest BCUT2D eigenvalue weighted by Crippen LogP contribution is -1.97. The molecule has 0 radical (unpaired) electrons. The molecular formula is C14H12N2O3. The molecule has 0 aliphatic heterocycles. The largest absolute Gasteiger partial charge is 0.404 e. The summed E-state index contributed by atoms with van der Waals surface area (Å²) in [4.78, 5) is 11.3. The van der Waals surface area contributed by atoms with Crippen LogP contribution in [0.3, 0.4) is 0 Å². The molecule has 2 heterocycles. The standard InChI is InChI=1S/C14H12N2O3/c1-8-6-11(18)19-14-12(8)13(15-16-14)10-4-2-9(7-17)3-5-10/h2-6,17H,7H2,1H3,(H,15,16). The van der Waals surface area contributed by atoms with E-state index in [2.05, 4.69) is 10.2 Å². The van der Waals surface area contributed by atoms with Crippen molar-refractivity contribution in [2.75, 3.05) is 0 Å². The van der Waals surface area contributed by atoms with Crippen LogP contribution in [0.15, 0.2) is 39.5 Å². The van der Waals surface area contributed by atoms with Crippen molar-refractivity contribution in [2.45, 2.75) is 13.5 Å². The number of fused-ring (bicyclic) bond motifs is 1. The summed E-state index contributed by atoms with van der Waals surface area (Å²) in [6, 6.07) is 8.88. The van der Waals surface area contributed by atoms with Gasteiger partial charge in [-0.05, 0) is 18.1 Å². The van der Waals surface area contributed by atoms with Gasteiger partial charge in [0.2, 0.25) is 5.71 Å². The van der Waals surface area contributed by atoms with Crippen LogP contribution in [0, 0.1) is 6.92 Å². The third kappa shape index (κ3) is 1.94. The number of hydrogen-bond donors (Lipinski definition) is 2. The lowest BCUT2D eigenvalue weighted by Gasteiger charge is -2.01. The van der Waals surface area contributed by atoms with Crippen molar-refractivity contribution in [1.29, 1.82) is 0 Å². The Bertz CT molecular complexity index is 785. The molecule has 0 unspecified atom stereocenters. The Morgan fingerprint density at radius 3 is 2.74 bits per heavy atom. The van der Waals surface area contributed by atoms with Crippen LogP contribution in [0.5, 0.6) is 0 Å². The second kappa shape index (κ2) is 4.37. The first-order chi connectivity index (χ1) is 9.19. The maximum Gasteiger partial charge on any atom is 0.337 e. The molecule has 2 N–H and O–H groups in total. The number of hydrogen-bond acceptors (Lipinski definition) is 4. The van der Waals surface area contributed by atoms with Crippen LogP contribution in [-0.2, 0) is 6.61 Å². The van der Waals surface area contributed by atoms with E-state index in [9.17, 15) is 4.79 Å². The zero-order chi connectivity index (χ0) is 13.4. The fourth-order valence-electron chi connectivity index (χ4n) is 2.12. The van der Waals surface area contributed by atoms with Crippen LogP contribution in [0.2, 0.25) is 0 Å². The molecule has 0 aliphatic carbocycles. The molecule has 1 aromatic carbocycles. The van der Waals surface area contributed by atoms with Gasteiger partial charge in [-0.1, -0.05) is 24.3 Å². The number of aromatic amines is 1. The Hall–Kier alpha value is -2.40. The maximum absolute atomic E-state index is 11.3. The van der Waals surface area contributed by atoms with Crippen LogP contribution < -0.4 is 5.63 Å². The molecule has 2 aromatic heterocycles. The molecule has 0 spiro atoms. The van der Waals surface area contributed by atoms with Crippen molar-refractivity contribution < 1.29 is 9.52 Å². The fraction of sp³-hybridized carbons (Fsp3) is 0.143. The van der Waals surface area contributed by atoms with Crippen molar-refractivity contribution in [3.63, 3.8) is 0 Å². The van der Waals surface area contributed by atoms with Gasteiger partial charge in [0.15, 0.2) is 0 Å². The lowest BCUT2D eigenvalue weighted by atomic mass is 10.1. The topological polar surface area (TPSA) is 79.1 Å². The average molecular weight is 256 g/mol. The Labute approximate surface area is 108 Å². The molecular weight excluding hydrogens is 244 g/mol. The first kappa shape index (κ1) is 11.7. The van der Waals surface area contributed by atoms with E-state index in [1.165, 1.54) is 6.07 Å². The van der Waals surface area contributed by atoms with E-state index in [4.69, 9.17) is 9.52 Å². The molecule has 0 saturated carbocycles. The second-order valence-electron chi connectivity index (χ2n) is 4.38. The van der Waals surface area contributed by atoms with Gasteiger partial charge in [0.25, 0.3) is 0 Å². The highest BCUT2D eigenvalue weighted by Crippen LogP contribution is 2.27. The molecule has 0 amide bonds. The summed E-state index contributed by atoms with van der Waals surface area (Å²) in [6.07, 6.45) is 0. The smallest absolute Gasteiger partial charge is 0.337 e. The van der Waals surface area contributed by atoms with Gasteiger partial charge < -0.3 is 9.52 Å². The van der Waals surface area contributed by atoms with E-state index < -0.39 is 5.63 Å². The summed E-state index contributed by atoms with van der Waals surface area (Å²) in [5.41, 5.74) is 3.29. The van der Waals surface area contributed by atoms with Gasteiger partial charge in [-0.15, -0.1) is 0 Å². The SMILES string of the molecule is Cc1cc(=O)oc2[nH]nc(-c3ccc(CO)cc3)c12. The van der Waals surface area contributed by atoms with Gasteiger partial charge in [0.05, 0.1) is 12.0 Å². The van der Waals surface area contributed by atoms with Gasteiger partial charge in [-0.25, -0.2) is 9.89 Å². The minimum absolute atomic E-state index is 0.00942. The minimum atomic E-state index is -0.393. The molecule has 5 nitrogen and oxygen atoms in total. The molecule has 0 saturated heterocycles. The first-order valence-electron chi connectivity index (χ1n) is 5.88. The van der Waals surface area contributed by atoms with Crippen LogP contribution in [0.1, 0.15) is 11.1 Å². The number of aromatic nitrogens is 2. The lowest BCUT2D eigenvalue weighted by molar-refractivity contribution is 0.282. The highest BCUT2D eigenvalue weighted by molar-refractivity contribution is 5.92. The molecule has 0 aliphatic rings. The van der Waals surface area contributed by atoms with Gasteiger partial charge in [0, 0.05) is 11.6 Å². The third-order valence-corrected chi connectivity index (χ3v) is 3.07. The average Bonchev–Trinajstić information content (AvgIpc) is 2.83. The van der Waals surface area contributed by atoms with Crippen LogP contribution in [0.4, 0.5) is 0 Å². The number of aliphatic hydroxyl groups excluding tert-OH is 1. The van der Waals surface area contributed by atoms with E-state index in [1.54, 1.807) is 0 Å². The highest BCUT2D eigenvalue weighted by Gasteiger charge is 2.13. The fourth-order valence-corrected chi connectivity index (χ4v) is 2.12. The number of nitrogens with zero attached hydrogens (tertiary/aromatic N) is 1. The van der Waals surface area contributed by atoms with Crippen molar-refractivity contribution in [1.82, 2.24) is 10.2 Å². The van der Waals surface area contributed by atoms with E-state index >= 15 is 0 Å². The van der Waals surface area contributed by atoms with Crippen molar-refractivity contribution in [2.24, 2.45) is 0 Å². The Morgan fingerprint density at radius 1 is 1.32 bits per heavy atom. The Morgan fingerprint density at radius 2 is 2.05 bits per heavy atom.